The van der Waals surface area contributed by atoms with Gasteiger partial charge in [0.2, 0.25) is 0 Å². The van der Waals surface area contributed by atoms with E-state index in [9.17, 15) is 9.59 Å². The number of fused-ring (bicyclic) bond motifs is 1. The van der Waals surface area contributed by atoms with Gasteiger partial charge in [-0.1, -0.05) is 6.07 Å². The molecule has 1 N–H and O–H groups in total. The maximum absolute atomic E-state index is 11.9. The molecule has 0 unspecified atom stereocenters. The van der Waals surface area contributed by atoms with E-state index in [-0.39, 0.29) is 12.3 Å². The summed E-state index contributed by atoms with van der Waals surface area (Å²) in [7, 11) is 1.54. The van der Waals surface area contributed by atoms with Crippen molar-refractivity contribution >= 4 is 23.2 Å². The van der Waals surface area contributed by atoms with Crippen molar-refractivity contribution in [1.29, 1.82) is 0 Å². The zero-order valence-electron chi connectivity index (χ0n) is 11.1. The molecule has 2 rings (SSSR count). The first-order chi connectivity index (χ1) is 9.13. The Bertz CT molecular complexity index is 642. The summed E-state index contributed by atoms with van der Waals surface area (Å²) in [4.78, 5) is 26.1. The highest BCUT2D eigenvalue weighted by atomic mass is 16.5. The normalized spacial score (nSPS) is 10.5. The average Bonchev–Trinajstić information content (AvgIpc) is 2.80. The van der Waals surface area contributed by atoms with Crippen molar-refractivity contribution in [3.8, 4) is 5.75 Å². The first kappa shape index (κ1) is 13.1. The van der Waals surface area contributed by atoms with Crippen LogP contribution in [0, 0.1) is 6.92 Å². The average molecular weight is 261 g/mol. The number of aromatic amines is 1. The van der Waals surface area contributed by atoms with Gasteiger partial charge in [0.25, 0.3) is 0 Å². The number of methoxy groups -OCH3 is 1. The standard InChI is InChI=1S/C14H15NO4/c1-4-19-14(17)12-9(7-16)11-8(2)5-6-10(18-3)13(11)15-12/h5-7,15H,4H2,1-3H3. The molecule has 5 heteroatoms. The molecule has 0 aliphatic carbocycles. The van der Waals surface area contributed by atoms with Gasteiger partial charge in [0.1, 0.15) is 11.4 Å². The molecule has 0 aliphatic heterocycles. The van der Waals surface area contributed by atoms with Crippen LogP contribution in [0.1, 0.15) is 33.3 Å². The van der Waals surface area contributed by atoms with E-state index < -0.39 is 5.97 Å². The number of hydrogen-bond donors (Lipinski definition) is 1. The molecule has 2 aromatic rings. The quantitative estimate of drug-likeness (QED) is 0.678. The van der Waals surface area contributed by atoms with Crippen molar-refractivity contribution in [3.63, 3.8) is 0 Å². The molecular formula is C14H15NO4. The predicted octanol–water partition coefficient (Wildman–Crippen LogP) is 2.47. The number of ether oxygens (including phenoxy) is 2. The van der Waals surface area contributed by atoms with Crippen LogP contribution in [0.4, 0.5) is 0 Å². The summed E-state index contributed by atoms with van der Waals surface area (Å²) in [5, 5.41) is 0.692. The molecule has 100 valence electrons. The van der Waals surface area contributed by atoms with Crippen LogP contribution in [-0.4, -0.2) is 31.0 Å². The minimum Gasteiger partial charge on any atom is -0.495 e. The number of benzene rings is 1. The molecule has 1 heterocycles. The van der Waals surface area contributed by atoms with Gasteiger partial charge >= 0.3 is 5.97 Å². The lowest BCUT2D eigenvalue weighted by Gasteiger charge is -2.03. The Balaban J connectivity index is 2.76. The summed E-state index contributed by atoms with van der Waals surface area (Å²) < 4.78 is 10.2. The molecule has 0 fully saturated rings. The van der Waals surface area contributed by atoms with Gasteiger partial charge in [0.05, 0.1) is 24.8 Å². The van der Waals surface area contributed by atoms with Crippen molar-refractivity contribution in [2.75, 3.05) is 13.7 Å². The van der Waals surface area contributed by atoms with E-state index in [2.05, 4.69) is 4.98 Å². The summed E-state index contributed by atoms with van der Waals surface area (Å²) >= 11 is 0. The molecule has 1 aromatic carbocycles. The Hall–Kier alpha value is -2.30. The summed E-state index contributed by atoms with van der Waals surface area (Å²) in [5.74, 6) is 0.0431. The summed E-state index contributed by atoms with van der Waals surface area (Å²) in [5.41, 5.74) is 2.00. The van der Waals surface area contributed by atoms with Crippen LogP contribution in [0.25, 0.3) is 10.9 Å². The van der Waals surface area contributed by atoms with Crippen molar-refractivity contribution in [1.82, 2.24) is 4.98 Å². The Labute approximate surface area is 110 Å². The van der Waals surface area contributed by atoms with Crippen molar-refractivity contribution < 1.29 is 19.1 Å². The number of rotatable bonds is 4. The number of esters is 1. The number of H-pyrrole nitrogens is 1. The van der Waals surface area contributed by atoms with E-state index in [4.69, 9.17) is 9.47 Å². The third-order valence-corrected chi connectivity index (χ3v) is 2.98. The lowest BCUT2D eigenvalue weighted by Crippen LogP contribution is -2.07. The highest BCUT2D eigenvalue weighted by Crippen LogP contribution is 2.31. The van der Waals surface area contributed by atoms with E-state index >= 15 is 0 Å². The summed E-state index contributed by atoms with van der Waals surface area (Å²) in [6, 6.07) is 3.63. The van der Waals surface area contributed by atoms with Crippen LogP contribution in [0.5, 0.6) is 5.75 Å². The van der Waals surface area contributed by atoms with Crippen molar-refractivity contribution in [2.24, 2.45) is 0 Å². The second kappa shape index (κ2) is 5.14. The molecule has 0 saturated carbocycles. The zero-order valence-corrected chi connectivity index (χ0v) is 11.1. The smallest absolute Gasteiger partial charge is 0.355 e. The van der Waals surface area contributed by atoms with Gasteiger partial charge in [0, 0.05) is 5.39 Å². The maximum atomic E-state index is 11.9. The van der Waals surface area contributed by atoms with E-state index in [1.165, 1.54) is 7.11 Å². The number of aryl methyl sites for hydroxylation is 1. The number of nitrogens with one attached hydrogen (secondary N) is 1. The highest BCUT2D eigenvalue weighted by molar-refractivity contribution is 6.10. The zero-order chi connectivity index (χ0) is 14.0. The van der Waals surface area contributed by atoms with Gasteiger partial charge in [-0.05, 0) is 25.5 Å². The molecule has 5 nitrogen and oxygen atoms in total. The minimum absolute atomic E-state index is 0.166. The minimum atomic E-state index is -0.540. The van der Waals surface area contributed by atoms with E-state index in [1.807, 2.05) is 13.0 Å². The van der Waals surface area contributed by atoms with Crippen LogP contribution < -0.4 is 4.74 Å². The van der Waals surface area contributed by atoms with Crippen molar-refractivity contribution in [3.05, 3.63) is 29.0 Å². The second-order valence-corrected chi connectivity index (χ2v) is 4.09. The Morgan fingerprint density at radius 3 is 2.74 bits per heavy atom. The molecule has 0 amide bonds. The predicted molar refractivity (Wildman–Crippen MR) is 70.9 cm³/mol. The lowest BCUT2D eigenvalue weighted by molar-refractivity contribution is 0.0518. The third-order valence-electron chi connectivity index (χ3n) is 2.98. The van der Waals surface area contributed by atoms with Gasteiger partial charge in [-0.2, -0.15) is 0 Å². The first-order valence-electron chi connectivity index (χ1n) is 5.95. The molecule has 0 atom stereocenters. The van der Waals surface area contributed by atoms with E-state index in [1.54, 1.807) is 13.0 Å². The first-order valence-corrected chi connectivity index (χ1v) is 5.95. The van der Waals surface area contributed by atoms with Crippen LogP contribution in [0.3, 0.4) is 0 Å². The van der Waals surface area contributed by atoms with Crippen LogP contribution in [-0.2, 0) is 4.74 Å². The van der Waals surface area contributed by atoms with Crippen LogP contribution >= 0.6 is 0 Å². The maximum Gasteiger partial charge on any atom is 0.355 e. The van der Waals surface area contributed by atoms with Gasteiger partial charge < -0.3 is 14.5 Å². The van der Waals surface area contributed by atoms with Crippen molar-refractivity contribution in [2.45, 2.75) is 13.8 Å². The SMILES string of the molecule is CCOC(=O)c1[nH]c2c(OC)ccc(C)c2c1C=O. The fourth-order valence-electron chi connectivity index (χ4n) is 2.13. The van der Waals surface area contributed by atoms with Crippen LogP contribution in [0.2, 0.25) is 0 Å². The number of carbonyl (C=O) groups is 2. The fourth-order valence-corrected chi connectivity index (χ4v) is 2.13. The monoisotopic (exact) mass is 261 g/mol. The third kappa shape index (κ3) is 2.07. The molecule has 19 heavy (non-hydrogen) atoms. The Morgan fingerprint density at radius 1 is 1.42 bits per heavy atom. The van der Waals surface area contributed by atoms with Gasteiger partial charge in [-0.15, -0.1) is 0 Å². The van der Waals surface area contributed by atoms with E-state index in [0.29, 0.717) is 28.5 Å². The molecule has 0 aliphatic rings. The van der Waals surface area contributed by atoms with Gasteiger partial charge in [-0.3, -0.25) is 4.79 Å². The molecular weight excluding hydrogens is 246 g/mol. The Kier molecular flexibility index (Phi) is 3.55. The molecule has 0 saturated heterocycles. The number of aromatic nitrogens is 1. The summed E-state index contributed by atoms with van der Waals surface area (Å²) in [6.07, 6.45) is 0.664. The van der Waals surface area contributed by atoms with Crippen LogP contribution in [0.15, 0.2) is 12.1 Å². The van der Waals surface area contributed by atoms with Gasteiger partial charge in [0.15, 0.2) is 6.29 Å². The molecule has 0 bridgehead atoms. The van der Waals surface area contributed by atoms with Gasteiger partial charge in [-0.25, -0.2) is 4.79 Å². The van der Waals surface area contributed by atoms with E-state index in [0.717, 1.165) is 5.56 Å². The largest absolute Gasteiger partial charge is 0.495 e. The second-order valence-electron chi connectivity index (χ2n) is 4.09. The number of hydrogen-bond acceptors (Lipinski definition) is 4. The fraction of sp³-hybridized carbons (Fsp3) is 0.286. The molecule has 1 aromatic heterocycles. The molecule has 0 spiro atoms. The molecule has 0 radical (unpaired) electrons. The number of carbonyl (C=O) groups excluding carboxylic acids is 2. The number of aldehydes is 1. The topological polar surface area (TPSA) is 68.4 Å². The highest BCUT2D eigenvalue weighted by Gasteiger charge is 2.21. The summed E-state index contributed by atoms with van der Waals surface area (Å²) in [6.45, 7) is 3.84. The Morgan fingerprint density at radius 2 is 2.16 bits per heavy atom. The lowest BCUT2D eigenvalue weighted by atomic mass is 10.1.